The summed E-state index contributed by atoms with van der Waals surface area (Å²) in [6.45, 7) is 5.90. The Hall–Kier alpha value is -2.04. The van der Waals surface area contributed by atoms with Crippen LogP contribution in [-0.2, 0) is 11.2 Å². The molecule has 5 nitrogen and oxygen atoms in total. The van der Waals surface area contributed by atoms with Gasteiger partial charge in [0.2, 0.25) is 0 Å². The highest BCUT2D eigenvalue weighted by Gasteiger charge is 2.28. The summed E-state index contributed by atoms with van der Waals surface area (Å²) in [4.78, 5) is 24.9. The Kier molecular flexibility index (Phi) is 4.50. The molecule has 1 aliphatic heterocycles. The normalized spacial score (nSPS) is 17.3. The maximum atomic E-state index is 12.3. The first-order valence-electron chi connectivity index (χ1n) is 7.23. The van der Waals surface area contributed by atoms with Crippen molar-refractivity contribution in [2.45, 2.75) is 33.1 Å². The van der Waals surface area contributed by atoms with Gasteiger partial charge in [-0.25, -0.2) is 4.79 Å². The average Bonchev–Trinajstić information content (AvgIpc) is 2.40. The number of aliphatic carboxylic acids is 1. The van der Waals surface area contributed by atoms with E-state index in [9.17, 15) is 9.59 Å². The Morgan fingerprint density at radius 2 is 1.86 bits per heavy atom. The molecule has 1 aliphatic rings. The second-order valence-electron chi connectivity index (χ2n) is 6.31. The Bertz CT molecular complexity index is 530. The highest BCUT2D eigenvalue weighted by molar-refractivity contribution is 5.91. The third kappa shape index (κ3) is 4.21. The Morgan fingerprint density at radius 1 is 1.24 bits per heavy atom. The highest BCUT2D eigenvalue weighted by atomic mass is 16.4. The van der Waals surface area contributed by atoms with Crippen LogP contribution in [0, 0.1) is 5.41 Å². The molecule has 5 heteroatoms. The number of anilines is 1. The van der Waals surface area contributed by atoms with Crippen molar-refractivity contribution in [1.29, 1.82) is 0 Å². The molecule has 2 amide bonds. The molecule has 1 saturated heterocycles. The number of carbonyl (C=O) groups is 2. The zero-order valence-corrected chi connectivity index (χ0v) is 12.6. The van der Waals surface area contributed by atoms with Gasteiger partial charge in [0.25, 0.3) is 0 Å². The maximum absolute atomic E-state index is 12.3. The first kappa shape index (κ1) is 15.4. The van der Waals surface area contributed by atoms with Crippen molar-refractivity contribution >= 4 is 17.7 Å². The Morgan fingerprint density at radius 3 is 2.48 bits per heavy atom. The minimum absolute atomic E-state index is 0.0938. The van der Waals surface area contributed by atoms with Gasteiger partial charge in [0.15, 0.2) is 0 Å². The Balaban J connectivity index is 2.02. The number of carboxylic acids is 1. The van der Waals surface area contributed by atoms with Gasteiger partial charge in [-0.2, -0.15) is 0 Å². The number of carbonyl (C=O) groups excluding carboxylic acids is 1. The lowest BCUT2D eigenvalue weighted by Crippen LogP contribution is -2.43. The first-order valence-corrected chi connectivity index (χ1v) is 7.23. The molecule has 21 heavy (non-hydrogen) atoms. The number of hydrogen-bond acceptors (Lipinski definition) is 2. The number of amides is 2. The van der Waals surface area contributed by atoms with Gasteiger partial charge in [-0.1, -0.05) is 32.0 Å². The van der Waals surface area contributed by atoms with Gasteiger partial charge in [0.1, 0.15) is 0 Å². The van der Waals surface area contributed by atoms with Gasteiger partial charge < -0.3 is 15.3 Å². The maximum Gasteiger partial charge on any atom is 0.321 e. The predicted octanol–water partition coefficient (Wildman–Crippen LogP) is 2.97. The molecule has 0 spiro atoms. The summed E-state index contributed by atoms with van der Waals surface area (Å²) >= 11 is 0. The van der Waals surface area contributed by atoms with E-state index in [0.29, 0.717) is 11.3 Å². The predicted molar refractivity (Wildman–Crippen MR) is 81.4 cm³/mol. The molecule has 1 fully saturated rings. The molecule has 1 aromatic carbocycles. The third-order valence-electron chi connectivity index (χ3n) is 4.00. The zero-order valence-electron chi connectivity index (χ0n) is 12.6. The van der Waals surface area contributed by atoms with Crippen LogP contribution in [0.25, 0.3) is 0 Å². The van der Waals surface area contributed by atoms with Crippen molar-refractivity contribution in [1.82, 2.24) is 4.90 Å². The number of hydrogen-bond donors (Lipinski definition) is 2. The van der Waals surface area contributed by atoms with Crippen LogP contribution in [0.5, 0.6) is 0 Å². The molecule has 0 bridgehead atoms. The van der Waals surface area contributed by atoms with Gasteiger partial charge >= 0.3 is 12.0 Å². The van der Waals surface area contributed by atoms with Crippen molar-refractivity contribution < 1.29 is 14.7 Å². The number of likely N-dealkylation sites (tertiary alicyclic amines) is 1. The van der Waals surface area contributed by atoms with E-state index in [1.807, 2.05) is 0 Å². The number of para-hydroxylation sites is 1. The number of nitrogens with one attached hydrogen (secondary N) is 1. The number of piperidine rings is 1. The monoisotopic (exact) mass is 290 g/mol. The van der Waals surface area contributed by atoms with Gasteiger partial charge in [-0.3, -0.25) is 4.79 Å². The molecule has 0 aromatic heterocycles. The van der Waals surface area contributed by atoms with Crippen LogP contribution in [-0.4, -0.2) is 35.1 Å². The topological polar surface area (TPSA) is 69.6 Å². The summed E-state index contributed by atoms with van der Waals surface area (Å²) in [5.41, 5.74) is 1.49. The zero-order chi connectivity index (χ0) is 15.5. The number of urea groups is 1. The van der Waals surface area contributed by atoms with Crippen LogP contribution in [0.2, 0.25) is 0 Å². The molecule has 1 aromatic rings. The van der Waals surface area contributed by atoms with Crippen LogP contribution < -0.4 is 5.32 Å². The smallest absolute Gasteiger partial charge is 0.321 e. The van der Waals surface area contributed by atoms with Crippen molar-refractivity contribution in [2.75, 3.05) is 18.4 Å². The van der Waals surface area contributed by atoms with E-state index in [1.54, 1.807) is 29.2 Å². The number of carboxylic acid groups (broad SMARTS) is 1. The van der Waals surface area contributed by atoms with Crippen LogP contribution >= 0.6 is 0 Å². The van der Waals surface area contributed by atoms with Crippen LogP contribution in [0.1, 0.15) is 32.3 Å². The summed E-state index contributed by atoms with van der Waals surface area (Å²) < 4.78 is 0. The summed E-state index contributed by atoms with van der Waals surface area (Å²) in [7, 11) is 0. The van der Waals surface area contributed by atoms with Gasteiger partial charge in [0, 0.05) is 18.8 Å². The van der Waals surface area contributed by atoms with E-state index >= 15 is 0 Å². The molecular weight excluding hydrogens is 268 g/mol. The third-order valence-corrected chi connectivity index (χ3v) is 4.00. The lowest BCUT2D eigenvalue weighted by molar-refractivity contribution is -0.136. The fourth-order valence-corrected chi connectivity index (χ4v) is 2.47. The van der Waals surface area contributed by atoms with E-state index < -0.39 is 5.97 Å². The fourth-order valence-electron chi connectivity index (χ4n) is 2.47. The molecule has 0 unspecified atom stereocenters. The summed E-state index contributed by atoms with van der Waals surface area (Å²) in [6, 6.07) is 6.88. The molecule has 0 saturated carbocycles. The van der Waals surface area contributed by atoms with E-state index in [-0.39, 0.29) is 17.9 Å². The lowest BCUT2D eigenvalue weighted by Gasteiger charge is -2.36. The SMILES string of the molecule is CC1(C)CCN(C(=O)Nc2ccccc2CC(=O)O)CC1. The second-order valence-corrected chi connectivity index (χ2v) is 6.31. The van der Waals surface area contributed by atoms with Gasteiger partial charge in [-0.15, -0.1) is 0 Å². The number of nitrogens with zero attached hydrogens (tertiary/aromatic N) is 1. The van der Waals surface area contributed by atoms with Gasteiger partial charge in [-0.05, 0) is 29.9 Å². The van der Waals surface area contributed by atoms with Crippen molar-refractivity contribution in [3.63, 3.8) is 0 Å². The summed E-state index contributed by atoms with van der Waals surface area (Å²) in [5, 5.41) is 11.7. The number of rotatable bonds is 3. The number of benzene rings is 1. The van der Waals surface area contributed by atoms with Gasteiger partial charge in [0.05, 0.1) is 6.42 Å². The standard InChI is InChI=1S/C16H22N2O3/c1-16(2)7-9-18(10-8-16)15(21)17-13-6-4-3-5-12(13)11-14(19)20/h3-6H,7-11H2,1-2H3,(H,17,21)(H,19,20). The molecule has 1 heterocycles. The summed E-state index contributed by atoms with van der Waals surface area (Å²) in [6.07, 6.45) is 1.87. The van der Waals surface area contributed by atoms with Crippen LogP contribution in [0.3, 0.4) is 0 Å². The molecule has 0 atom stereocenters. The lowest BCUT2D eigenvalue weighted by atomic mass is 9.83. The fraction of sp³-hybridized carbons (Fsp3) is 0.500. The van der Waals surface area contributed by atoms with Crippen molar-refractivity contribution in [3.05, 3.63) is 29.8 Å². The molecule has 114 valence electrons. The van der Waals surface area contributed by atoms with E-state index in [1.165, 1.54) is 0 Å². The quantitative estimate of drug-likeness (QED) is 0.899. The minimum Gasteiger partial charge on any atom is -0.481 e. The average molecular weight is 290 g/mol. The van der Waals surface area contributed by atoms with Crippen LogP contribution in [0.4, 0.5) is 10.5 Å². The van der Waals surface area contributed by atoms with Crippen molar-refractivity contribution in [3.8, 4) is 0 Å². The first-order chi connectivity index (χ1) is 9.87. The minimum atomic E-state index is -0.906. The summed E-state index contributed by atoms with van der Waals surface area (Å²) in [5.74, 6) is -0.906. The second kappa shape index (κ2) is 6.16. The molecule has 2 rings (SSSR count). The van der Waals surface area contributed by atoms with E-state index in [4.69, 9.17) is 5.11 Å². The molecule has 0 aliphatic carbocycles. The van der Waals surface area contributed by atoms with Crippen molar-refractivity contribution in [2.24, 2.45) is 5.41 Å². The van der Waals surface area contributed by atoms with Crippen LogP contribution in [0.15, 0.2) is 24.3 Å². The molecular formula is C16H22N2O3. The largest absolute Gasteiger partial charge is 0.481 e. The molecule has 2 N–H and O–H groups in total. The highest BCUT2D eigenvalue weighted by Crippen LogP contribution is 2.30. The molecule has 0 radical (unpaired) electrons. The van der Waals surface area contributed by atoms with E-state index in [2.05, 4.69) is 19.2 Å². The van der Waals surface area contributed by atoms with E-state index in [0.717, 1.165) is 25.9 Å². The Labute approximate surface area is 125 Å².